The number of anilines is 1. The van der Waals surface area contributed by atoms with Crippen molar-refractivity contribution < 1.29 is 4.74 Å². The highest BCUT2D eigenvalue weighted by Gasteiger charge is 2.06. The van der Waals surface area contributed by atoms with E-state index >= 15 is 0 Å². The fourth-order valence-electron chi connectivity index (χ4n) is 1.37. The average molecular weight is 216 g/mol. The lowest BCUT2D eigenvalue weighted by Gasteiger charge is -2.06. The third-order valence-electron chi connectivity index (χ3n) is 2.02. The second-order valence-electron chi connectivity index (χ2n) is 3.13. The molecule has 0 saturated carbocycles. The molecule has 0 aromatic carbocycles. The smallest absolute Gasteiger partial charge is 0.150 e. The average Bonchev–Trinajstić information content (AvgIpc) is 2.30. The third-order valence-corrected chi connectivity index (χ3v) is 2.02. The SMILES string of the molecule is CCOc1cncc(-c2nccnc2N)c1. The number of hydrogen-bond acceptors (Lipinski definition) is 5. The van der Waals surface area contributed by atoms with Gasteiger partial charge in [-0.2, -0.15) is 0 Å². The topological polar surface area (TPSA) is 73.9 Å². The highest BCUT2D eigenvalue weighted by atomic mass is 16.5. The van der Waals surface area contributed by atoms with E-state index < -0.39 is 0 Å². The molecular formula is C11H12N4O. The lowest BCUT2D eigenvalue weighted by Crippen LogP contribution is -1.97. The molecule has 5 nitrogen and oxygen atoms in total. The Morgan fingerprint density at radius 2 is 2.06 bits per heavy atom. The van der Waals surface area contributed by atoms with Crippen LogP contribution < -0.4 is 10.5 Å². The molecule has 0 unspecified atom stereocenters. The molecule has 16 heavy (non-hydrogen) atoms. The molecule has 82 valence electrons. The number of hydrogen-bond donors (Lipinski definition) is 1. The Bertz CT molecular complexity index is 487. The summed E-state index contributed by atoms with van der Waals surface area (Å²) in [6.45, 7) is 2.52. The summed E-state index contributed by atoms with van der Waals surface area (Å²) in [6, 6.07) is 1.84. The highest BCUT2D eigenvalue weighted by Crippen LogP contribution is 2.23. The Labute approximate surface area is 93.3 Å². The van der Waals surface area contributed by atoms with Crippen LogP contribution >= 0.6 is 0 Å². The van der Waals surface area contributed by atoms with Crippen molar-refractivity contribution in [3.8, 4) is 17.0 Å². The first-order valence-electron chi connectivity index (χ1n) is 4.96. The normalized spacial score (nSPS) is 10.1. The molecule has 0 aliphatic heterocycles. The van der Waals surface area contributed by atoms with E-state index in [1.807, 2.05) is 13.0 Å². The lowest BCUT2D eigenvalue weighted by molar-refractivity contribution is 0.339. The summed E-state index contributed by atoms with van der Waals surface area (Å²) in [5.41, 5.74) is 7.16. The van der Waals surface area contributed by atoms with Gasteiger partial charge in [0.25, 0.3) is 0 Å². The fraction of sp³-hybridized carbons (Fsp3) is 0.182. The van der Waals surface area contributed by atoms with Gasteiger partial charge in [-0.15, -0.1) is 0 Å². The molecule has 0 spiro atoms. The first-order valence-corrected chi connectivity index (χ1v) is 4.96. The van der Waals surface area contributed by atoms with Gasteiger partial charge in [-0.25, -0.2) is 4.98 Å². The Kier molecular flexibility index (Phi) is 2.95. The number of nitrogen functional groups attached to an aromatic ring is 1. The molecule has 0 radical (unpaired) electrons. The van der Waals surface area contributed by atoms with E-state index in [0.717, 1.165) is 5.56 Å². The van der Waals surface area contributed by atoms with Gasteiger partial charge in [0.15, 0.2) is 0 Å². The zero-order valence-corrected chi connectivity index (χ0v) is 8.92. The minimum Gasteiger partial charge on any atom is -0.492 e. The van der Waals surface area contributed by atoms with Crippen molar-refractivity contribution in [2.75, 3.05) is 12.3 Å². The van der Waals surface area contributed by atoms with E-state index in [9.17, 15) is 0 Å². The monoisotopic (exact) mass is 216 g/mol. The minimum atomic E-state index is 0.387. The van der Waals surface area contributed by atoms with Crippen LogP contribution in [-0.4, -0.2) is 21.6 Å². The molecular weight excluding hydrogens is 204 g/mol. The summed E-state index contributed by atoms with van der Waals surface area (Å²) >= 11 is 0. The Hall–Kier alpha value is -2.17. The molecule has 0 aliphatic rings. The molecule has 0 aliphatic carbocycles. The molecule has 2 N–H and O–H groups in total. The fourth-order valence-corrected chi connectivity index (χ4v) is 1.37. The molecule has 5 heteroatoms. The van der Waals surface area contributed by atoms with Crippen molar-refractivity contribution in [1.29, 1.82) is 0 Å². The molecule has 0 atom stereocenters. The van der Waals surface area contributed by atoms with Crippen LogP contribution in [0.2, 0.25) is 0 Å². The molecule has 0 saturated heterocycles. The van der Waals surface area contributed by atoms with E-state index in [4.69, 9.17) is 10.5 Å². The second kappa shape index (κ2) is 4.57. The third kappa shape index (κ3) is 2.08. The number of nitrogens with two attached hydrogens (primary N) is 1. The van der Waals surface area contributed by atoms with Crippen molar-refractivity contribution in [3.05, 3.63) is 30.9 Å². The van der Waals surface area contributed by atoms with Gasteiger partial charge in [-0.05, 0) is 13.0 Å². The molecule has 0 bridgehead atoms. The zero-order chi connectivity index (χ0) is 11.4. The zero-order valence-electron chi connectivity index (χ0n) is 8.92. The molecule has 0 fully saturated rings. The van der Waals surface area contributed by atoms with Crippen LogP contribution in [0.15, 0.2) is 30.9 Å². The van der Waals surface area contributed by atoms with Gasteiger partial charge < -0.3 is 10.5 Å². The van der Waals surface area contributed by atoms with Gasteiger partial charge in [0.05, 0.1) is 12.8 Å². The Morgan fingerprint density at radius 1 is 1.25 bits per heavy atom. The van der Waals surface area contributed by atoms with Crippen molar-refractivity contribution in [3.63, 3.8) is 0 Å². The van der Waals surface area contributed by atoms with Crippen LogP contribution in [0.4, 0.5) is 5.82 Å². The summed E-state index contributed by atoms with van der Waals surface area (Å²) in [6.07, 6.45) is 6.49. The van der Waals surface area contributed by atoms with Crippen LogP contribution in [0.25, 0.3) is 11.3 Å². The molecule has 2 rings (SSSR count). The van der Waals surface area contributed by atoms with Crippen LogP contribution in [0.1, 0.15) is 6.92 Å². The van der Waals surface area contributed by atoms with Crippen LogP contribution in [0.5, 0.6) is 5.75 Å². The summed E-state index contributed by atoms with van der Waals surface area (Å²) in [5.74, 6) is 1.09. The first kappa shape index (κ1) is 10.4. The Morgan fingerprint density at radius 3 is 2.81 bits per heavy atom. The van der Waals surface area contributed by atoms with Gasteiger partial charge in [-0.3, -0.25) is 9.97 Å². The summed E-state index contributed by atoms with van der Waals surface area (Å²) in [7, 11) is 0. The maximum Gasteiger partial charge on any atom is 0.150 e. The highest BCUT2D eigenvalue weighted by molar-refractivity contribution is 5.69. The lowest BCUT2D eigenvalue weighted by atomic mass is 10.2. The largest absolute Gasteiger partial charge is 0.492 e. The molecule has 0 amide bonds. The van der Waals surface area contributed by atoms with E-state index in [1.165, 1.54) is 0 Å². The maximum atomic E-state index is 5.73. The standard InChI is InChI=1S/C11H12N4O/c1-2-16-9-5-8(6-13-7-9)10-11(12)15-4-3-14-10/h3-7H,2H2,1H3,(H2,12,15). The number of pyridine rings is 1. The van der Waals surface area contributed by atoms with E-state index in [1.54, 1.807) is 24.8 Å². The molecule has 2 aromatic heterocycles. The van der Waals surface area contributed by atoms with Gasteiger partial charge >= 0.3 is 0 Å². The van der Waals surface area contributed by atoms with Gasteiger partial charge in [0.1, 0.15) is 17.3 Å². The van der Waals surface area contributed by atoms with Crippen LogP contribution in [0, 0.1) is 0 Å². The first-order chi connectivity index (χ1) is 7.81. The predicted octanol–water partition coefficient (Wildman–Crippen LogP) is 1.52. The number of ether oxygens (including phenoxy) is 1. The van der Waals surface area contributed by atoms with Crippen LogP contribution in [-0.2, 0) is 0 Å². The van der Waals surface area contributed by atoms with Gasteiger partial charge in [0.2, 0.25) is 0 Å². The second-order valence-corrected chi connectivity index (χ2v) is 3.13. The van der Waals surface area contributed by atoms with E-state index in [0.29, 0.717) is 23.9 Å². The summed E-state index contributed by atoms with van der Waals surface area (Å²) in [4.78, 5) is 12.2. The van der Waals surface area contributed by atoms with Crippen molar-refractivity contribution in [2.24, 2.45) is 0 Å². The molecule has 2 aromatic rings. The summed E-state index contributed by atoms with van der Waals surface area (Å²) < 4.78 is 5.36. The Balaban J connectivity index is 2.40. The van der Waals surface area contributed by atoms with Crippen molar-refractivity contribution >= 4 is 5.82 Å². The van der Waals surface area contributed by atoms with Crippen molar-refractivity contribution in [1.82, 2.24) is 15.0 Å². The van der Waals surface area contributed by atoms with Crippen LogP contribution in [0.3, 0.4) is 0 Å². The van der Waals surface area contributed by atoms with E-state index in [-0.39, 0.29) is 0 Å². The maximum absolute atomic E-state index is 5.73. The van der Waals surface area contributed by atoms with Crippen molar-refractivity contribution in [2.45, 2.75) is 6.92 Å². The van der Waals surface area contributed by atoms with Gasteiger partial charge in [0, 0.05) is 24.2 Å². The number of nitrogens with zero attached hydrogens (tertiary/aromatic N) is 3. The summed E-state index contributed by atoms with van der Waals surface area (Å²) in [5, 5.41) is 0. The number of rotatable bonds is 3. The minimum absolute atomic E-state index is 0.387. The number of aromatic nitrogens is 3. The van der Waals surface area contributed by atoms with E-state index in [2.05, 4.69) is 15.0 Å². The quantitative estimate of drug-likeness (QED) is 0.841. The van der Waals surface area contributed by atoms with Gasteiger partial charge in [-0.1, -0.05) is 0 Å². The molecule has 2 heterocycles. The predicted molar refractivity (Wildman–Crippen MR) is 60.8 cm³/mol.